The predicted octanol–water partition coefficient (Wildman–Crippen LogP) is 8.45. The highest BCUT2D eigenvalue weighted by molar-refractivity contribution is 5.64. The van der Waals surface area contributed by atoms with E-state index < -0.39 is 46.5 Å². The van der Waals surface area contributed by atoms with Crippen LogP contribution in [0.3, 0.4) is 0 Å². The van der Waals surface area contributed by atoms with E-state index in [1.807, 2.05) is 0 Å². The van der Waals surface area contributed by atoms with Crippen molar-refractivity contribution in [1.29, 1.82) is 0 Å². The second-order valence-corrected chi connectivity index (χ2v) is 8.81. The summed E-state index contributed by atoms with van der Waals surface area (Å²) in [6, 6.07) is 8.48. The topological polar surface area (TPSA) is 18.5 Å². The van der Waals surface area contributed by atoms with Crippen LogP contribution in [0.5, 0.6) is 5.75 Å². The van der Waals surface area contributed by atoms with E-state index >= 15 is 0 Å². The van der Waals surface area contributed by atoms with Gasteiger partial charge in [-0.25, -0.2) is 22.0 Å². The molecule has 0 aliphatic carbocycles. The van der Waals surface area contributed by atoms with Crippen LogP contribution in [0, 0.1) is 35.0 Å². The molecular formula is C27H23F7O2. The second kappa shape index (κ2) is 10.5. The molecule has 0 saturated carbocycles. The van der Waals surface area contributed by atoms with Crippen LogP contribution in [-0.4, -0.2) is 6.61 Å². The molecule has 3 aromatic rings. The van der Waals surface area contributed by atoms with Crippen molar-refractivity contribution in [3.05, 3.63) is 88.7 Å². The molecular weight excluding hydrogens is 489 g/mol. The largest absolute Gasteiger partial charge is 0.432 e. The van der Waals surface area contributed by atoms with Gasteiger partial charge in [0.15, 0.2) is 17.5 Å². The van der Waals surface area contributed by atoms with E-state index in [1.165, 1.54) is 0 Å². The average Bonchev–Trinajstić information content (AvgIpc) is 2.82. The van der Waals surface area contributed by atoms with E-state index in [9.17, 15) is 30.7 Å². The Kier molecular flexibility index (Phi) is 7.59. The summed E-state index contributed by atoms with van der Waals surface area (Å²) in [6.45, 7) is 2.80. The van der Waals surface area contributed by atoms with Gasteiger partial charge in [-0.1, -0.05) is 37.6 Å². The Labute approximate surface area is 203 Å². The highest BCUT2D eigenvalue weighted by atomic mass is 19.3. The SMILES string of the molecule is CCC[C@@H]1CC[C@@H](c2ccc(-c3cc(F)c(C(F)(F)Oc4cc(F)c(F)c(F)c4)c(F)c3)cc2)OC1. The molecule has 1 fully saturated rings. The van der Waals surface area contributed by atoms with Crippen LogP contribution < -0.4 is 4.74 Å². The fourth-order valence-corrected chi connectivity index (χ4v) is 4.40. The normalized spacial score (nSPS) is 18.3. The smallest absolute Gasteiger partial charge is 0.429 e. The summed E-state index contributed by atoms with van der Waals surface area (Å²) in [4.78, 5) is 0. The van der Waals surface area contributed by atoms with Gasteiger partial charge >= 0.3 is 6.11 Å². The van der Waals surface area contributed by atoms with Gasteiger partial charge in [-0.15, -0.1) is 0 Å². The number of hydrogen-bond acceptors (Lipinski definition) is 2. The van der Waals surface area contributed by atoms with Gasteiger partial charge in [0.25, 0.3) is 0 Å². The first kappa shape index (κ1) is 26.0. The molecule has 192 valence electrons. The van der Waals surface area contributed by atoms with Crippen molar-refractivity contribution in [2.24, 2.45) is 5.92 Å². The summed E-state index contributed by atoms with van der Waals surface area (Å²) in [5, 5.41) is 0. The first-order chi connectivity index (χ1) is 17.1. The Morgan fingerprint density at radius 3 is 1.97 bits per heavy atom. The minimum atomic E-state index is -4.64. The summed E-state index contributed by atoms with van der Waals surface area (Å²) in [7, 11) is 0. The molecule has 0 N–H and O–H groups in total. The lowest BCUT2D eigenvalue weighted by Crippen LogP contribution is -2.25. The first-order valence-electron chi connectivity index (χ1n) is 11.5. The third-order valence-electron chi connectivity index (χ3n) is 6.22. The van der Waals surface area contributed by atoms with Crippen LogP contribution in [0.25, 0.3) is 11.1 Å². The maximum absolute atomic E-state index is 14.7. The minimum absolute atomic E-state index is 0.00236. The Morgan fingerprint density at radius 2 is 1.44 bits per heavy atom. The first-order valence-corrected chi connectivity index (χ1v) is 11.5. The van der Waals surface area contributed by atoms with Crippen molar-refractivity contribution in [3.63, 3.8) is 0 Å². The molecule has 1 heterocycles. The summed E-state index contributed by atoms with van der Waals surface area (Å²) in [6.07, 6.45) is -0.604. The van der Waals surface area contributed by atoms with Crippen LogP contribution in [0.15, 0.2) is 48.5 Å². The van der Waals surface area contributed by atoms with Crippen LogP contribution in [-0.2, 0) is 10.8 Å². The zero-order chi connectivity index (χ0) is 26.0. The van der Waals surface area contributed by atoms with Gasteiger partial charge in [0, 0.05) is 12.1 Å². The van der Waals surface area contributed by atoms with Gasteiger partial charge in [0.05, 0.1) is 12.7 Å². The lowest BCUT2D eigenvalue weighted by Gasteiger charge is -2.29. The van der Waals surface area contributed by atoms with Crippen molar-refractivity contribution >= 4 is 0 Å². The molecule has 1 aliphatic heterocycles. The van der Waals surface area contributed by atoms with E-state index in [-0.39, 0.29) is 23.8 Å². The van der Waals surface area contributed by atoms with Crippen molar-refractivity contribution < 1.29 is 40.2 Å². The molecule has 0 aromatic heterocycles. The van der Waals surface area contributed by atoms with E-state index in [4.69, 9.17) is 4.74 Å². The third kappa shape index (κ3) is 5.51. The van der Waals surface area contributed by atoms with E-state index in [2.05, 4.69) is 11.7 Å². The fourth-order valence-electron chi connectivity index (χ4n) is 4.40. The molecule has 1 saturated heterocycles. The zero-order valence-electron chi connectivity index (χ0n) is 19.3. The number of rotatable bonds is 7. The molecule has 0 spiro atoms. The molecule has 0 amide bonds. The van der Waals surface area contributed by atoms with Gasteiger partial charge in [0.1, 0.15) is 22.9 Å². The van der Waals surface area contributed by atoms with E-state index in [0.717, 1.165) is 31.2 Å². The van der Waals surface area contributed by atoms with E-state index in [1.54, 1.807) is 24.3 Å². The number of hydrogen-bond donors (Lipinski definition) is 0. The fraction of sp³-hybridized carbons (Fsp3) is 0.333. The summed E-state index contributed by atoms with van der Waals surface area (Å²) < 4.78 is 108. The Hall–Kier alpha value is -3.07. The van der Waals surface area contributed by atoms with Gasteiger partial charge in [0.2, 0.25) is 0 Å². The summed E-state index contributed by atoms with van der Waals surface area (Å²) >= 11 is 0. The summed E-state index contributed by atoms with van der Waals surface area (Å²) in [5.74, 6) is -9.33. The van der Waals surface area contributed by atoms with Crippen molar-refractivity contribution in [1.82, 2.24) is 0 Å². The van der Waals surface area contributed by atoms with Crippen LogP contribution in [0.2, 0.25) is 0 Å². The van der Waals surface area contributed by atoms with Crippen molar-refractivity contribution in [2.75, 3.05) is 6.61 Å². The van der Waals surface area contributed by atoms with Gasteiger partial charge in [-0.2, -0.15) is 8.78 Å². The number of halogens is 7. The molecule has 4 rings (SSSR count). The summed E-state index contributed by atoms with van der Waals surface area (Å²) in [5.41, 5.74) is -0.451. The lowest BCUT2D eigenvalue weighted by atomic mass is 9.91. The maximum atomic E-state index is 14.7. The van der Waals surface area contributed by atoms with Crippen molar-refractivity contribution in [2.45, 2.75) is 44.8 Å². The van der Waals surface area contributed by atoms with Crippen LogP contribution in [0.4, 0.5) is 30.7 Å². The van der Waals surface area contributed by atoms with Gasteiger partial charge < -0.3 is 9.47 Å². The lowest BCUT2D eigenvalue weighted by molar-refractivity contribution is -0.189. The van der Waals surface area contributed by atoms with Crippen LogP contribution in [0.1, 0.15) is 49.8 Å². The van der Waals surface area contributed by atoms with Gasteiger partial charge in [-0.05, 0) is 54.0 Å². The zero-order valence-corrected chi connectivity index (χ0v) is 19.3. The molecule has 36 heavy (non-hydrogen) atoms. The van der Waals surface area contributed by atoms with E-state index in [0.29, 0.717) is 30.2 Å². The highest BCUT2D eigenvalue weighted by Crippen LogP contribution is 2.38. The highest BCUT2D eigenvalue weighted by Gasteiger charge is 2.41. The average molecular weight is 512 g/mol. The molecule has 2 nitrogen and oxygen atoms in total. The number of alkyl halides is 2. The molecule has 0 radical (unpaired) electrons. The Bertz CT molecular complexity index is 1170. The molecule has 2 atom stereocenters. The third-order valence-corrected chi connectivity index (χ3v) is 6.22. The number of benzene rings is 3. The predicted molar refractivity (Wildman–Crippen MR) is 119 cm³/mol. The molecule has 9 heteroatoms. The monoisotopic (exact) mass is 512 g/mol. The molecule has 0 bridgehead atoms. The maximum Gasteiger partial charge on any atom is 0.432 e. The standard InChI is InChI=1S/C27H23F7O2/c1-2-3-15-4-9-24(35-14-15)17-7-5-16(6-8-17)18-10-20(28)25(21(29)11-18)27(33,34)36-19-12-22(30)26(32)23(31)13-19/h5-8,10-13,15,24H,2-4,9,14H2,1H3/t15-,24+/m1/s1. The van der Waals surface area contributed by atoms with Gasteiger partial charge in [-0.3, -0.25) is 0 Å². The molecule has 0 unspecified atom stereocenters. The Morgan fingerprint density at radius 1 is 0.833 bits per heavy atom. The quantitative estimate of drug-likeness (QED) is 0.234. The Balaban J connectivity index is 1.53. The molecule has 3 aromatic carbocycles. The van der Waals surface area contributed by atoms with Crippen molar-refractivity contribution in [3.8, 4) is 16.9 Å². The number of ether oxygens (including phenoxy) is 2. The second-order valence-electron chi connectivity index (χ2n) is 8.81. The minimum Gasteiger partial charge on any atom is -0.429 e. The van der Waals surface area contributed by atoms with Crippen LogP contribution >= 0.6 is 0 Å². The molecule has 1 aliphatic rings.